The number of esters is 1. The van der Waals surface area contributed by atoms with Gasteiger partial charge in [0.25, 0.3) is 11.8 Å². The number of likely N-dealkylation sites (tertiary alicyclic amines) is 2. The van der Waals surface area contributed by atoms with E-state index in [9.17, 15) is 54.7 Å². The van der Waals surface area contributed by atoms with Crippen LogP contribution in [0.1, 0.15) is 143 Å². The molecule has 5 aromatic carbocycles. The van der Waals surface area contributed by atoms with Crippen molar-refractivity contribution >= 4 is 40.9 Å². The van der Waals surface area contributed by atoms with E-state index in [-0.39, 0.29) is 67.0 Å². The number of hydrogen-bond donors (Lipinski definition) is 0. The van der Waals surface area contributed by atoms with Crippen LogP contribution in [-0.4, -0.2) is 171 Å². The molecule has 528 valence electrons. The van der Waals surface area contributed by atoms with Gasteiger partial charge in [-0.05, 0) is 160 Å². The van der Waals surface area contributed by atoms with Crippen molar-refractivity contribution < 1.29 is 68.9 Å². The van der Waals surface area contributed by atoms with Crippen LogP contribution in [0.2, 0.25) is 0 Å². The van der Waals surface area contributed by atoms with Gasteiger partial charge in [0.1, 0.15) is 30.9 Å². The first kappa shape index (κ1) is 74.7. The average Bonchev–Trinajstić information content (AvgIpc) is 1.58. The molecule has 4 heterocycles. The fourth-order valence-corrected chi connectivity index (χ4v) is 14.8. The molecule has 22 heteroatoms. The predicted octanol–water partition coefficient (Wildman–Crippen LogP) is 14.1. The van der Waals surface area contributed by atoms with Crippen molar-refractivity contribution in [2.45, 2.75) is 139 Å². The Morgan fingerprint density at radius 3 is 2.02 bits per heavy atom. The Morgan fingerprint density at radius 2 is 1.34 bits per heavy atom. The number of likely N-dealkylation sites (N-methyl/N-ethyl adjacent to an activating group) is 2. The van der Waals surface area contributed by atoms with Crippen LogP contribution in [0, 0.1) is 5.82 Å². The second kappa shape index (κ2) is 34.0. The monoisotopic (exact) mass is 1380 g/mol. The number of carbonyl (C=O) groups excluding carboxylic acids is 5. The molecule has 0 unspecified atom stereocenters. The number of halogens is 7. The topological polar surface area (TPSA) is 132 Å². The van der Waals surface area contributed by atoms with Gasteiger partial charge in [-0.2, -0.15) is 26.3 Å². The lowest BCUT2D eigenvalue weighted by molar-refractivity contribution is -0.150. The maximum Gasteiger partial charge on any atom is 0.416 e. The summed E-state index contributed by atoms with van der Waals surface area (Å²) in [7, 11) is 5.50. The van der Waals surface area contributed by atoms with Crippen molar-refractivity contribution in [3.05, 3.63) is 188 Å². The highest BCUT2D eigenvalue weighted by Gasteiger charge is 2.50. The SMILES string of the molecule is CCCN(C)C(=O)c1ccc(CCCCCCC(=O)N(C)CCN2CCC(OC(=O)Cc3ccccc3-c3ccccc3)CC2)s1.CCN(C)C(=O)CO[C@H]1Cc2ccccc2C12CCN(CC[C@@]1(c3ccc(F)cc3)CN(C(=O)c3cc(C(F)(F)F)cc(C(F)(F)F)c3)CO1)CC2. The number of fused-ring (bicyclic) bond motifs is 2. The Kier molecular flexibility index (Phi) is 26.0. The maximum atomic E-state index is 14.0. The van der Waals surface area contributed by atoms with Gasteiger partial charge in [0.2, 0.25) is 11.8 Å². The van der Waals surface area contributed by atoms with Gasteiger partial charge in [0, 0.05) is 89.2 Å². The van der Waals surface area contributed by atoms with Gasteiger partial charge in [0.15, 0.2) is 0 Å². The number of nitrogens with zero attached hydrogens (tertiary/aromatic N) is 6. The number of rotatable bonds is 26. The molecule has 2 atom stereocenters. The van der Waals surface area contributed by atoms with Crippen LogP contribution in [-0.2, 0) is 71.2 Å². The van der Waals surface area contributed by atoms with Crippen LogP contribution in [0.5, 0.6) is 0 Å². The van der Waals surface area contributed by atoms with Crippen molar-refractivity contribution in [1.82, 2.24) is 29.4 Å². The third-order valence-corrected chi connectivity index (χ3v) is 20.8. The summed E-state index contributed by atoms with van der Waals surface area (Å²) in [6.45, 7) is 9.88. The van der Waals surface area contributed by atoms with Gasteiger partial charge in [-0.15, -0.1) is 11.3 Å². The highest BCUT2D eigenvalue weighted by molar-refractivity contribution is 7.14. The average molecular weight is 1380 g/mol. The first-order valence-corrected chi connectivity index (χ1v) is 35.0. The summed E-state index contributed by atoms with van der Waals surface area (Å²) in [6.07, 6.45) is 0.611. The molecule has 4 amide bonds. The molecule has 4 aliphatic rings. The Hall–Kier alpha value is -7.50. The molecule has 10 rings (SSSR count). The molecule has 3 saturated heterocycles. The minimum atomic E-state index is -5.11. The zero-order chi connectivity index (χ0) is 70.2. The molecule has 1 spiro atoms. The largest absolute Gasteiger partial charge is 0.462 e. The quantitative estimate of drug-likeness (QED) is 0.0294. The Balaban J connectivity index is 0.000000231. The number of aryl methyl sites for hydroxylation is 1. The lowest BCUT2D eigenvalue weighted by atomic mass is 9.72. The van der Waals surface area contributed by atoms with Gasteiger partial charge in [-0.3, -0.25) is 24.0 Å². The minimum Gasteiger partial charge on any atom is -0.462 e. The summed E-state index contributed by atoms with van der Waals surface area (Å²) in [4.78, 5) is 77.1. The van der Waals surface area contributed by atoms with Gasteiger partial charge in [-0.25, -0.2) is 4.39 Å². The molecule has 98 heavy (non-hydrogen) atoms. The van der Waals surface area contributed by atoms with Crippen LogP contribution >= 0.6 is 11.3 Å². The molecule has 0 radical (unpaired) electrons. The minimum absolute atomic E-state index is 0.0147. The summed E-state index contributed by atoms with van der Waals surface area (Å²) in [6, 6.07) is 36.7. The predicted molar refractivity (Wildman–Crippen MR) is 364 cm³/mol. The van der Waals surface area contributed by atoms with Crippen LogP contribution in [0.3, 0.4) is 0 Å². The number of piperidine rings is 2. The highest BCUT2D eigenvalue weighted by Crippen LogP contribution is 2.48. The summed E-state index contributed by atoms with van der Waals surface area (Å²) in [5, 5.41) is 0. The Labute approximate surface area is 575 Å². The molecule has 3 aliphatic heterocycles. The van der Waals surface area contributed by atoms with Crippen LogP contribution in [0.4, 0.5) is 30.7 Å². The molecule has 0 bridgehead atoms. The standard InChI is InChI=1S/C38H40F7N3O4.C38H51N3O4S/c1-3-46(2)33(49)22-51-32-20-25-6-4-5-7-31(25)35(32)12-15-47(16-13-35)17-14-36(27-8-10-30(39)11-9-27)23-48(24-52-36)34(50)26-18-28(37(40,41)42)21-29(19-26)38(43,44)45;1-4-24-40(3)38(44)35-21-20-33(46-35)17-10-5-6-11-19-36(42)39(2)27-28-41-25-22-32(23-26-41)45-37(43)29-31-16-12-13-18-34(31)30-14-8-7-9-15-30/h4-11,18-19,21,32H,3,12-17,20,22-24H2,1-2H3;7-9,12-16,18,20-21,32H,4-6,10-11,17,19,22-29H2,1-3H3/t32-,36-;/m0./s1. The van der Waals surface area contributed by atoms with E-state index in [0.717, 1.165) is 117 Å². The van der Waals surface area contributed by atoms with E-state index in [1.807, 2.05) is 80.5 Å². The van der Waals surface area contributed by atoms with Crippen LogP contribution < -0.4 is 0 Å². The van der Waals surface area contributed by atoms with E-state index in [4.69, 9.17) is 14.2 Å². The van der Waals surface area contributed by atoms with Crippen LogP contribution in [0.15, 0.2) is 133 Å². The third kappa shape index (κ3) is 19.5. The highest BCUT2D eigenvalue weighted by atomic mass is 32.1. The molecule has 6 aromatic rings. The van der Waals surface area contributed by atoms with E-state index in [2.05, 4.69) is 53.1 Å². The van der Waals surface area contributed by atoms with E-state index in [1.54, 1.807) is 28.2 Å². The van der Waals surface area contributed by atoms with Crippen molar-refractivity contribution in [2.24, 2.45) is 0 Å². The van der Waals surface area contributed by atoms with Crippen molar-refractivity contribution in [1.29, 1.82) is 0 Å². The molecule has 1 aromatic heterocycles. The molecular formula is C76H91F7N6O8S. The number of thiophene rings is 1. The van der Waals surface area contributed by atoms with E-state index >= 15 is 0 Å². The fraction of sp³-hybridized carbons (Fsp3) is 0.487. The number of benzene rings is 5. The van der Waals surface area contributed by atoms with Crippen molar-refractivity contribution in [3.63, 3.8) is 0 Å². The van der Waals surface area contributed by atoms with Gasteiger partial charge in [0.05, 0.1) is 35.1 Å². The van der Waals surface area contributed by atoms with Gasteiger partial charge < -0.3 is 43.6 Å². The summed E-state index contributed by atoms with van der Waals surface area (Å²) < 4.78 is 114. The van der Waals surface area contributed by atoms with Gasteiger partial charge in [-0.1, -0.05) is 111 Å². The van der Waals surface area contributed by atoms with E-state index < -0.39 is 53.1 Å². The van der Waals surface area contributed by atoms with Crippen molar-refractivity contribution in [3.8, 4) is 11.1 Å². The number of ether oxygens (including phenoxy) is 3. The molecule has 14 nitrogen and oxygen atoms in total. The normalized spacial score (nSPS) is 18.0. The number of carbonyl (C=O) groups is 5. The first-order chi connectivity index (χ1) is 46.9. The van der Waals surface area contributed by atoms with Gasteiger partial charge >= 0.3 is 18.3 Å². The smallest absolute Gasteiger partial charge is 0.416 e. The van der Waals surface area contributed by atoms with E-state index in [1.165, 1.54) is 40.3 Å². The fourth-order valence-electron chi connectivity index (χ4n) is 13.7. The zero-order valence-corrected chi connectivity index (χ0v) is 57.6. The Bertz CT molecular complexity index is 3600. The maximum absolute atomic E-state index is 14.0. The zero-order valence-electron chi connectivity index (χ0n) is 56.7. The Morgan fingerprint density at radius 1 is 0.684 bits per heavy atom. The molecule has 0 saturated carbocycles. The summed E-state index contributed by atoms with van der Waals surface area (Å²) in [5.41, 5.74) is 0.666. The number of alkyl halides is 6. The number of hydrogen-bond acceptors (Lipinski definition) is 11. The molecule has 0 N–H and O–H groups in total. The molecule has 1 aliphatic carbocycles. The lowest BCUT2D eigenvalue weighted by Crippen LogP contribution is -2.49. The second-order valence-corrected chi connectivity index (χ2v) is 27.5. The molecule has 3 fully saturated rings. The number of unbranched alkanes of at least 4 members (excludes halogenated alkanes) is 3. The second-order valence-electron chi connectivity index (χ2n) is 26.3. The summed E-state index contributed by atoms with van der Waals surface area (Å²) >= 11 is 1.61. The van der Waals surface area contributed by atoms with Crippen molar-refractivity contribution in [2.75, 3.05) is 99.9 Å². The van der Waals surface area contributed by atoms with E-state index in [0.29, 0.717) is 69.7 Å². The summed E-state index contributed by atoms with van der Waals surface area (Å²) in [5.74, 6) is -1.49. The molecular weight excluding hydrogens is 1290 g/mol. The third-order valence-electron chi connectivity index (χ3n) is 19.7. The number of amides is 4. The first-order valence-electron chi connectivity index (χ1n) is 34.2. The lowest BCUT2D eigenvalue weighted by Gasteiger charge is -2.44. The van der Waals surface area contributed by atoms with Crippen LogP contribution in [0.25, 0.3) is 11.1 Å².